The second-order valence-electron chi connectivity index (χ2n) is 7.85. The fraction of sp³-hybridized carbons (Fsp3) is 0.296. The lowest BCUT2D eigenvalue weighted by molar-refractivity contribution is 0.0845. The molecule has 0 saturated carbocycles. The minimum Gasteiger partial charge on any atom is -0.490 e. The maximum atomic E-state index is 12.9. The molecule has 0 bridgehead atoms. The summed E-state index contributed by atoms with van der Waals surface area (Å²) < 4.78 is 18.4. The summed E-state index contributed by atoms with van der Waals surface area (Å²) in [4.78, 5) is 38.4. The van der Waals surface area contributed by atoms with Crippen LogP contribution in [0.1, 0.15) is 52.6 Å². The number of nitrogens with one attached hydrogen (secondary N) is 2. The van der Waals surface area contributed by atoms with Gasteiger partial charge in [0, 0.05) is 11.8 Å². The molecule has 0 aliphatic heterocycles. The van der Waals surface area contributed by atoms with Gasteiger partial charge in [0.05, 0.1) is 26.4 Å². The van der Waals surface area contributed by atoms with Crippen LogP contribution in [0.25, 0.3) is 0 Å². The van der Waals surface area contributed by atoms with Crippen LogP contribution >= 0.6 is 0 Å². The Labute approximate surface area is 210 Å². The minimum atomic E-state index is -0.729. The van der Waals surface area contributed by atoms with Crippen LogP contribution in [-0.4, -0.2) is 36.2 Å². The van der Waals surface area contributed by atoms with Crippen molar-refractivity contribution in [3.05, 3.63) is 87.3 Å². The molecule has 36 heavy (non-hydrogen) atoms. The molecular weight excluding hydrogens is 462 g/mol. The first-order valence-corrected chi connectivity index (χ1v) is 11.8. The van der Waals surface area contributed by atoms with E-state index in [-0.39, 0.29) is 11.1 Å². The van der Waals surface area contributed by atoms with Crippen LogP contribution in [0.3, 0.4) is 0 Å². The molecule has 0 radical (unpaired) electrons. The van der Waals surface area contributed by atoms with E-state index in [9.17, 15) is 14.4 Å². The molecule has 3 rings (SSSR count). The van der Waals surface area contributed by atoms with E-state index in [4.69, 9.17) is 14.2 Å². The van der Waals surface area contributed by atoms with E-state index in [1.165, 1.54) is 22.8 Å². The fourth-order valence-corrected chi connectivity index (χ4v) is 3.61. The largest absolute Gasteiger partial charge is 0.490 e. The zero-order chi connectivity index (χ0) is 26.1. The van der Waals surface area contributed by atoms with Crippen molar-refractivity contribution < 1.29 is 23.8 Å². The Balaban J connectivity index is 1.77. The van der Waals surface area contributed by atoms with Crippen LogP contribution in [0.15, 0.2) is 59.5 Å². The fourth-order valence-electron chi connectivity index (χ4n) is 3.61. The number of benzene rings is 2. The van der Waals surface area contributed by atoms with Crippen molar-refractivity contribution in [1.29, 1.82) is 0 Å². The summed E-state index contributed by atoms with van der Waals surface area (Å²) in [5.74, 6) is -0.231. The summed E-state index contributed by atoms with van der Waals surface area (Å²) in [6.07, 6.45) is 1.62. The zero-order valence-electron chi connectivity index (χ0n) is 20.9. The number of carbonyl (C=O) groups excluding carboxylic acids is 2. The van der Waals surface area contributed by atoms with E-state index in [1.54, 1.807) is 12.3 Å². The minimum absolute atomic E-state index is 0.0952. The number of rotatable bonds is 10. The zero-order valence-corrected chi connectivity index (χ0v) is 20.9. The van der Waals surface area contributed by atoms with Gasteiger partial charge in [-0.15, -0.1) is 0 Å². The maximum absolute atomic E-state index is 12.9. The molecule has 0 fully saturated rings. The Morgan fingerprint density at radius 1 is 0.833 bits per heavy atom. The van der Waals surface area contributed by atoms with Gasteiger partial charge in [-0.3, -0.25) is 25.2 Å². The van der Waals surface area contributed by atoms with Gasteiger partial charge in [-0.1, -0.05) is 29.8 Å². The summed E-state index contributed by atoms with van der Waals surface area (Å²) in [6.45, 7) is 8.86. The Bertz CT molecular complexity index is 1260. The molecule has 2 aromatic carbocycles. The summed E-state index contributed by atoms with van der Waals surface area (Å²) in [6, 6.07) is 13.8. The van der Waals surface area contributed by atoms with Crippen molar-refractivity contribution in [3.8, 4) is 17.2 Å². The van der Waals surface area contributed by atoms with E-state index >= 15 is 0 Å². The Morgan fingerprint density at radius 2 is 1.47 bits per heavy atom. The lowest BCUT2D eigenvalue weighted by Crippen LogP contribution is -2.44. The summed E-state index contributed by atoms with van der Waals surface area (Å²) in [7, 11) is 0. The molecule has 0 aliphatic carbocycles. The Kier molecular flexibility index (Phi) is 9.10. The van der Waals surface area contributed by atoms with Crippen LogP contribution in [-0.2, 0) is 6.54 Å². The molecule has 1 heterocycles. The van der Waals surface area contributed by atoms with Gasteiger partial charge in [-0.25, -0.2) is 0 Å². The molecule has 0 unspecified atom stereocenters. The van der Waals surface area contributed by atoms with Crippen LogP contribution in [0.5, 0.6) is 17.2 Å². The van der Waals surface area contributed by atoms with Crippen molar-refractivity contribution in [2.75, 3.05) is 19.8 Å². The third kappa shape index (κ3) is 6.44. The first-order chi connectivity index (χ1) is 17.4. The number of hydrogen-bond acceptors (Lipinski definition) is 6. The van der Waals surface area contributed by atoms with Gasteiger partial charge in [-0.2, -0.15) is 0 Å². The van der Waals surface area contributed by atoms with Gasteiger partial charge in [0.25, 0.3) is 17.4 Å². The quantitative estimate of drug-likeness (QED) is 0.419. The molecule has 9 heteroatoms. The van der Waals surface area contributed by atoms with Gasteiger partial charge in [0.1, 0.15) is 5.56 Å². The number of pyridine rings is 1. The topological polar surface area (TPSA) is 108 Å². The van der Waals surface area contributed by atoms with Crippen LogP contribution in [0.4, 0.5) is 0 Å². The standard InChI is InChI=1S/C27H31N3O6/c1-5-34-22-15-20(16-23(35-6-2)24(22)36-7-3)25(31)28-29-26(32)21-12-9-13-30(27(21)33)17-19-11-8-10-18(4)14-19/h8-16H,5-7,17H2,1-4H3,(H,28,31)(H,29,32). The third-order valence-corrected chi connectivity index (χ3v) is 5.16. The predicted octanol–water partition coefficient (Wildman–Crippen LogP) is 3.48. The van der Waals surface area contributed by atoms with E-state index in [2.05, 4.69) is 10.9 Å². The highest BCUT2D eigenvalue weighted by Crippen LogP contribution is 2.39. The molecule has 2 amide bonds. The monoisotopic (exact) mass is 493 g/mol. The predicted molar refractivity (Wildman–Crippen MR) is 136 cm³/mol. The lowest BCUT2D eigenvalue weighted by atomic mass is 10.1. The van der Waals surface area contributed by atoms with Gasteiger partial charge < -0.3 is 18.8 Å². The van der Waals surface area contributed by atoms with Crippen molar-refractivity contribution in [2.24, 2.45) is 0 Å². The van der Waals surface area contributed by atoms with Crippen molar-refractivity contribution >= 4 is 11.8 Å². The molecular formula is C27H31N3O6. The summed E-state index contributed by atoms with van der Waals surface area (Å²) in [5, 5.41) is 0. The highest BCUT2D eigenvalue weighted by molar-refractivity contribution is 5.99. The smallest absolute Gasteiger partial charge is 0.275 e. The maximum Gasteiger partial charge on any atom is 0.275 e. The highest BCUT2D eigenvalue weighted by atomic mass is 16.5. The summed E-state index contributed by atoms with van der Waals surface area (Å²) >= 11 is 0. The van der Waals surface area contributed by atoms with Crippen molar-refractivity contribution in [1.82, 2.24) is 15.4 Å². The van der Waals surface area contributed by atoms with Gasteiger partial charge in [-0.05, 0) is 57.5 Å². The van der Waals surface area contributed by atoms with Crippen LogP contribution in [0, 0.1) is 6.92 Å². The SMILES string of the molecule is CCOc1cc(C(=O)NNC(=O)c2cccn(Cc3cccc(C)c3)c2=O)cc(OCC)c1OCC. The number of ether oxygens (including phenoxy) is 3. The molecule has 0 aliphatic rings. The first-order valence-electron chi connectivity index (χ1n) is 11.8. The number of hydrazine groups is 1. The average Bonchev–Trinajstić information content (AvgIpc) is 2.85. The Morgan fingerprint density at radius 3 is 2.08 bits per heavy atom. The second kappa shape index (κ2) is 12.4. The van der Waals surface area contributed by atoms with E-state index in [1.807, 2.05) is 52.0 Å². The van der Waals surface area contributed by atoms with E-state index < -0.39 is 17.4 Å². The normalized spacial score (nSPS) is 10.4. The van der Waals surface area contributed by atoms with E-state index in [0.29, 0.717) is 43.6 Å². The molecule has 0 spiro atoms. The second-order valence-corrected chi connectivity index (χ2v) is 7.85. The van der Waals surface area contributed by atoms with E-state index in [0.717, 1.165) is 11.1 Å². The van der Waals surface area contributed by atoms with Gasteiger partial charge in [0.15, 0.2) is 11.5 Å². The number of amides is 2. The number of aryl methyl sites for hydroxylation is 1. The molecule has 0 saturated heterocycles. The molecule has 190 valence electrons. The number of hydrogen-bond donors (Lipinski definition) is 2. The van der Waals surface area contributed by atoms with Gasteiger partial charge >= 0.3 is 0 Å². The molecule has 3 aromatic rings. The number of carbonyl (C=O) groups is 2. The van der Waals surface area contributed by atoms with Crippen LogP contribution < -0.4 is 30.6 Å². The lowest BCUT2D eigenvalue weighted by Gasteiger charge is -2.17. The van der Waals surface area contributed by atoms with Crippen molar-refractivity contribution in [3.63, 3.8) is 0 Å². The molecule has 9 nitrogen and oxygen atoms in total. The number of aromatic nitrogens is 1. The molecule has 1 aromatic heterocycles. The van der Waals surface area contributed by atoms with Crippen molar-refractivity contribution in [2.45, 2.75) is 34.2 Å². The first kappa shape index (κ1) is 26.3. The summed E-state index contributed by atoms with van der Waals surface area (Å²) in [5.41, 5.74) is 6.31. The Hall–Kier alpha value is -4.27. The third-order valence-electron chi connectivity index (χ3n) is 5.16. The average molecular weight is 494 g/mol. The highest BCUT2D eigenvalue weighted by Gasteiger charge is 2.19. The molecule has 2 N–H and O–H groups in total. The molecule has 0 atom stereocenters. The van der Waals surface area contributed by atoms with Gasteiger partial charge in [0.2, 0.25) is 5.75 Å². The van der Waals surface area contributed by atoms with Crippen LogP contribution in [0.2, 0.25) is 0 Å². The number of nitrogens with zero attached hydrogens (tertiary/aromatic N) is 1.